The van der Waals surface area contributed by atoms with Crippen molar-refractivity contribution in [1.29, 1.82) is 0 Å². The smallest absolute Gasteiger partial charge is 0.326 e. The van der Waals surface area contributed by atoms with Crippen molar-refractivity contribution in [2.75, 3.05) is 0 Å². The number of carboxylic acid groups (broad SMARTS) is 4. The van der Waals surface area contributed by atoms with E-state index in [4.69, 9.17) is 10.2 Å². The van der Waals surface area contributed by atoms with Gasteiger partial charge in [-0.3, -0.25) is 24.0 Å². The van der Waals surface area contributed by atoms with E-state index in [1.54, 1.807) is 0 Å². The molecule has 3 amide bonds. The highest BCUT2D eigenvalue weighted by Gasteiger charge is 2.25. The van der Waals surface area contributed by atoms with Gasteiger partial charge in [0.1, 0.15) is 18.1 Å². The van der Waals surface area contributed by atoms with Gasteiger partial charge in [0.2, 0.25) is 17.7 Å². The molecule has 7 N–H and O–H groups in total. The fourth-order valence-electron chi connectivity index (χ4n) is 4.66. The molecule has 0 spiro atoms. The van der Waals surface area contributed by atoms with E-state index in [1.807, 2.05) is 0 Å². The first-order valence-electron chi connectivity index (χ1n) is 16.1. The minimum absolute atomic E-state index is 0.163. The Morgan fingerprint density at radius 1 is 0.422 bits per heavy atom. The molecule has 0 fully saturated rings. The monoisotopic (exact) mass is 643 g/mol. The lowest BCUT2D eigenvalue weighted by molar-refractivity contribution is -0.144. The van der Waals surface area contributed by atoms with Gasteiger partial charge in [-0.15, -0.1) is 0 Å². The van der Waals surface area contributed by atoms with Gasteiger partial charge in [0.25, 0.3) is 0 Å². The highest BCUT2D eigenvalue weighted by Crippen LogP contribution is 2.14. The summed E-state index contributed by atoms with van der Waals surface area (Å²) in [6.07, 6.45) is 13.8. The van der Waals surface area contributed by atoms with Gasteiger partial charge < -0.3 is 36.4 Å². The van der Waals surface area contributed by atoms with Crippen LogP contribution in [0.15, 0.2) is 0 Å². The van der Waals surface area contributed by atoms with Gasteiger partial charge in [-0.1, -0.05) is 77.0 Å². The Labute approximate surface area is 265 Å². The van der Waals surface area contributed by atoms with Crippen LogP contribution in [-0.4, -0.2) is 80.2 Å². The van der Waals surface area contributed by atoms with Gasteiger partial charge >= 0.3 is 23.9 Å². The van der Waals surface area contributed by atoms with Crippen LogP contribution in [0.5, 0.6) is 0 Å². The van der Waals surface area contributed by atoms with Crippen molar-refractivity contribution in [2.45, 2.75) is 153 Å². The van der Waals surface area contributed by atoms with Gasteiger partial charge in [-0.2, -0.15) is 0 Å². The zero-order chi connectivity index (χ0) is 34.0. The summed E-state index contributed by atoms with van der Waals surface area (Å²) in [7, 11) is 0. The van der Waals surface area contributed by atoms with E-state index in [1.165, 1.54) is 39.0 Å². The second kappa shape index (κ2) is 25.6. The van der Waals surface area contributed by atoms with Crippen molar-refractivity contribution in [3.63, 3.8) is 0 Å². The largest absolute Gasteiger partial charge is 0.481 e. The van der Waals surface area contributed by atoms with E-state index in [2.05, 4.69) is 16.0 Å². The Bertz CT molecular complexity index is 942. The molecule has 0 aliphatic rings. The molecule has 0 heterocycles. The lowest BCUT2D eigenvalue weighted by Crippen LogP contribution is -2.44. The number of hydrogen-bond donors (Lipinski definition) is 7. The molecule has 0 aromatic heterocycles. The third-order valence-electron chi connectivity index (χ3n) is 7.38. The Morgan fingerprint density at radius 2 is 0.733 bits per heavy atom. The first-order valence-corrected chi connectivity index (χ1v) is 16.1. The molecule has 14 heteroatoms. The summed E-state index contributed by atoms with van der Waals surface area (Å²) in [5, 5.41) is 43.0. The van der Waals surface area contributed by atoms with Crippen molar-refractivity contribution in [3.05, 3.63) is 0 Å². The molecule has 0 saturated carbocycles. The summed E-state index contributed by atoms with van der Waals surface area (Å²) in [5.74, 6) is -6.58. The molecule has 0 aromatic rings. The minimum atomic E-state index is -1.43. The Kier molecular flexibility index (Phi) is 23.5. The second-order valence-corrected chi connectivity index (χ2v) is 11.5. The highest BCUT2D eigenvalue weighted by molar-refractivity contribution is 5.87. The standard InChI is InChI=1S/C31H53N3O11/c1-22(29(40)41)32-26(36)20-18-24(31(44)45)34-27(37)21-19-23(30(42)43)33-25(35)16-14-12-10-8-6-4-2-3-5-7-9-11-13-15-17-28(38)39/h22-24H,2-21H2,1H3,(H,32,36)(H,33,35)(H,34,37)(H,38,39)(H,40,41)(H,42,43)(H,44,45)/t22-,23-,24-/m0/s1. The lowest BCUT2D eigenvalue weighted by atomic mass is 10.0. The number of carbonyl (C=O) groups is 7. The zero-order valence-corrected chi connectivity index (χ0v) is 26.5. The predicted octanol–water partition coefficient (Wildman–Crippen LogP) is 3.60. The molecular formula is C31H53N3O11. The third-order valence-corrected chi connectivity index (χ3v) is 7.38. The van der Waals surface area contributed by atoms with Crippen LogP contribution in [-0.2, 0) is 33.6 Å². The van der Waals surface area contributed by atoms with Crippen LogP contribution in [0.4, 0.5) is 0 Å². The van der Waals surface area contributed by atoms with Gasteiger partial charge in [-0.05, 0) is 32.6 Å². The van der Waals surface area contributed by atoms with Crippen LogP contribution >= 0.6 is 0 Å². The molecule has 0 aromatic carbocycles. The van der Waals surface area contributed by atoms with E-state index in [-0.39, 0.29) is 38.5 Å². The van der Waals surface area contributed by atoms with Gasteiger partial charge in [-0.25, -0.2) is 9.59 Å². The van der Waals surface area contributed by atoms with E-state index < -0.39 is 59.7 Å². The molecule has 0 aliphatic carbocycles. The fourth-order valence-corrected chi connectivity index (χ4v) is 4.66. The Hall–Kier alpha value is -3.71. The Balaban J connectivity index is 4.06. The molecule has 258 valence electrons. The number of aliphatic carboxylic acids is 4. The average Bonchev–Trinajstić information content (AvgIpc) is 2.96. The van der Waals surface area contributed by atoms with Crippen LogP contribution in [0.3, 0.4) is 0 Å². The summed E-state index contributed by atoms with van der Waals surface area (Å²) in [4.78, 5) is 80.6. The molecule has 0 saturated heterocycles. The summed E-state index contributed by atoms with van der Waals surface area (Å²) in [6, 6.07) is -3.90. The molecule has 0 rings (SSSR count). The van der Waals surface area contributed by atoms with Crippen molar-refractivity contribution in [1.82, 2.24) is 16.0 Å². The summed E-state index contributed by atoms with van der Waals surface area (Å²) < 4.78 is 0. The van der Waals surface area contributed by atoms with E-state index >= 15 is 0 Å². The van der Waals surface area contributed by atoms with Crippen molar-refractivity contribution in [2.24, 2.45) is 0 Å². The first-order chi connectivity index (χ1) is 21.3. The number of carboxylic acids is 4. The molecule has 3 atom stereocenters. The SMILES string of the molecule is C[C@H](NC(=O)CC[C@H](NC(=O)CC[C@H](NC(=O)CCCCCCCCCCCCCCCCC(=O)O)C(=O)O)C(=O)O)C(=O)O. The number of unbranched alkanes of at least 4 members (excludes halogenated alkanes) is 13. The number of hydrogen-bond acceptors (Lipinski definition) is 7. The van der Waals surface area contributed by atoms with Gasteiger partial charge in [0.15, 0.2) is 0 Å². The van der Waals surface area contributed by atoms with Crippen molar-refractivity contribution < 1.29 is 54.0 Å². The number of nitrogens with one attached hydrogen (secondary N) is 3. The van der Waals surface area contributed by atoms with E-state index in [0.717, 1.165) is 51.4 Å². The Morgan fingerprint density at radius 3 is 1.07 bits per heavy atom. The van der Waals surface area contributed by atoms with Crippen LogP contribution < -0.4 is 16.0 Å². The molecule has 45 heavy (non-hydrogen) atoms. The summed E-state index contributed by atoms with van der Waals surface area (Å²) in [5.41, 5.74) is 0. The molecule has 0 aliphatic heterocycles. The predicted molar refractivity (Wildman–Crippen MR) is 164 cm³/mol. The number of rotatable bonds is 29. The van der Waals surface area contributed by atoms with Crippen molar-refractivity contribution in [3.8, 4) is 0 Å². The number of carbonyl (C=O) groups excluding carboxylic acids is 3. The second-order valence-electron chi connectivity index (χ2n) is 11.5. The molecule has 0 unspecified atom stereocenters. The topological polar surface area (TPSA) is 236 Å². The van der Waals surface area contributed by atoms with Crippen LogP contribution in [0.2, 0.25) is 0 Å². The first kappa shape index (κ1) is 41.3. The van der Waals surface area contributed by atoms with Crippen LogP contribution in [0.1, 0.15) is 135 Å². The molecule has 14 nitrogen and oxygen atoms in total. The average molecular weight is 644 g/mol. The highest BCUT2D eigenvalue weighted by atomic mass is 16.4. The summed E-state index contributed by atoms with van der Waals surface area (Å²) in [6.45, 7) is 1.25. The maximum Gasteiger partial charge on any atom is 0.326 e. The van der Waals surface area contributed by atoms with Gasteiger partial charge in [0.05, 0.1) is 0 Å². The van der Waals surface area contributed by atoms with Crippen LogP contribution in [0.25, 0.3) is 0 Å². The normalized spacial score (nSPS) is 12.8. The maximum atomic E-state index is 12.3. The quantitative estimate of drug-likeness (QED) is 0.0581. The molecular weight excluding hydrogens is 590 g/mol. The summed E-state index contributed by atoms with van der Waals surface area (Å²) >= 11 is 0. The zero-order valence-electron chi connectivity index (χ0n) is 26.5. The van der Waals surface area contributed by atoms with E-state index in [9.17, 15) is 43.8 Å². The van der Waals surface area contributed by atoms with E-state index in [0.29, 0.717) is 6.42 Å². The van der Waals surface area contributed by atoms with Gasteiger partial charge in [0, 0.05) is 25.7 Å². The minimum Gasteiger partial charge on any atom is -0.481 e. The number of amides is 3. The molecule has 0 radical (unpaired) electrons. The maximum absolute atomic E-state index is 12.3. The third kappa shape index (κ3) is 24.3. The fraction of sp³-hybridized carbons (Fsp3) is 0.774. The van der Waals surface area contributed by atoms with Crippen LogP contribution in [0, 0.1) is 0 Å². The lowest BCUT2D eigenvalue weighted by Gasteiger charge is -2.17. The molecule has 0 bridgehead atoms. The van der Waals surface area contributed by atoms with Crippen molar-refractivity contribution >= 4 is 41.6 Å².